The lowest BCUT2D eigenvalue weighted by Gasteiger charge is -2.48. The van der Waals surface area contributed by atoms with Crippen molar-refractivity contribution < 1.29 is 49.3 Å². The van der Waals surface area contributed by atoms with Crippen molar-refractivity contribution in [3.63, 3.8) is 0 Å². The fourth-order valence-corrected chi connectivity index (χ4v) is 5.98. The number of ether oxygens (including phenoxy) is 4. The van der Waals surface area contributed by atoms with Gasteiger partial charge in [0.15, 0.2) is 18.0 Å². The molecule has 2 aliphatic heterocycles. The molecule has 2 fully saturated rings. The third-order valence-corrected chi connectivity index (χ3v) is 8.44. The van der Waals surface area contributed by atoms with Gasteiger partial charge in [-0.1, -0.05) is 0 Å². The number of nitrogens with one attached hydrogen (secondary N) is 2. The number of aliphatic imine (C=N–C) groups is 1. The van der Waals surface area contributed by atoms with Crippen LogP contribution in [0.25, 0.3) is 0 Å². The largest absolute Gasteiger partial charge is 0.467 e. The quantitative estimate of drug-likeness (QED) is 0.0427. The molecule has 0 bridgehead atoms. The summed E-state index contributed by atoms with van der Waals surface area (Å²) in [6.07, 6.45) is -5.78. The first-order valence-electron chi connectivity index (χ1n) is 15.4. The third-order valence-electron chi connectivity index (χ3n) is 8.44. The summed E-state index contributed by atoms with van der Waals surface area (Å²) in [5.41, 5.74) is 22.0. The summed E-state index contributed by atoms with van der Waals surface area (Å²) in [6.45, 7) is 2.41. The zero-order chi connectivity index (χ0) is 33.3. The summed E-state index contributed by atoms with van der Waals surface area (Å²) in [4.78, 5) is 16.8. The van der Waals surface area contributed by atoms with Gasteiger partial charge in [-0.25, -0.2) is 0 Å². The Morgan fingerprint density at radius 3 is 2.56 bits per heavy atom. The number of rotatable bonds is 16. The molecule has 1 aliphatic carbocycles. The maximum absolute atomic E-state index is 13.0. The third kappa shape index (κ3) is 10.2. The maximum atomic E-state index is 13.0. The van der Waals surface area contributed by atoms with Crippen molar-refractivity contribution in [1.82, 2.24) is 10.6 Å². The van der Waals surface area contributed by atoms with Crippen LogP contribution in [0.2, 0.25) is 0 Å². The van der Waals surface area contributed by atoms with Crippen LogP contribution in [0.3, 0.4) is 0 Å². The second-order valence-electron chi connectivity index (χ2n) is 12.2. The summed E-state index contributed by atoms with van der Waals surface area (Å²) in [7, 11) is 1.58. The van der Waals surface area contributed by atoms with Gasteiger partial charge in [0, 0.05) is 32.0 Å². The Balaban J connectivity index is 1.77. The number of carbonyl (C=O) groups is 1. The fraction of sp³-hybridized carbons (Fsp3) is 0.857. The lowest BCUT2D eigenvalue weighted by molar-refractivity contribution is -0.308. The van der Waals surface area contributed by atoms with Gasteiger partial charge >= 0.3 is 0 Å². The molecule has 17 nitrogen and oxygen atoms in total. The highest BCUT2D eigenvalue weighted by molar-refractivity contribution is 5.83. The van der Waals surface area contributed by atoms with Gasteiger partial charge in [0.1, 0.15) is 35.8 Å². The molecule has 260 valence electrons. The normalized spacial score (nSPS) is 37.8. The summed E-state index contributed by atoms with van der Waals surface area (Å²) < 4.78 is 24.0. The Morgan fingerprint density at radius 2 is 1.89 bits per heavy atom. The Morgan fingerprint density at radius 1 is 1.18 bits per heavy atom. The van der Waals surface area contributed by atoms with Gasteiger partial charge in [0.2, 0.25) is 6.29 Å². The van der Waals surface area contributed by atoms with E-state index in [1.165, 1.54) is 6.92 Å². The van der Waals surface area contributed by atoms with Crippen molar-refractivity contribution in [3.8, 4) is 0 Å². The Hall–Kier alpha value is -2.00. The predicted octanol–water partition coefficient (Wildman–Crippen LogP) is -4.57. The minimum absolute atomic E-state index is 0.0136. The smallest absolute Gasteiger partial charge is 0.215 e. The van der Waals surface area contributed by atoms with Crippen LogP contribution >= 0.6 is 0 Å². The van der Waals surface area contributed by atoms with Crippen LogP contribution in [0.15, 0.2) is 16.8 Å². The van der Waals surface area contributed by atoms with Crippen molar-refractivity contribution >= 4 is 11.7 Å². The van der Waals surface area contributed by atoms with Crippen LogP contribution in [-0.4, -0.2) is 144 Å². The SMILES string of the molecule is CN[C@@H]1[C@@H](O)[C@@H](O[C@H]2[C@H](CC(=O)[C@@H](O)CCN=C(N)N)C[C@H](N)C(O[C@H]3OC(CNCCCO)=CC[C@H]3N)[C@@H]2O)OC[C@]1(C)O. The van der Waals surface area contributed by atoms with Crippen molar-refractivity contribution in [2.75, 3.05) is 39.9 Å². The molecule has 0 radical (unpaired) electrons. The van der Waals surface area contributed by atoms with E-state index >= 15 is 0 Å². The molecule has 45 heavy (non-hydrogen) atoms. The molecule has 0 aromatic carbocycles. The number of aliphatic hydroxyl groups is 5. The van der Waals surface area contributed by atoms with Crippen molar-refractivity contribution in [2.45, 2.75) is 106 Å². The van der Waals surface area contributed by atoms with Crippen molar-refractivity contribution in [1.29, 1.82) is 0 Å². The first kappa shape index (κ1) is 37.5. The molecule has 3 rings (SSSR count). The molecule has 12 atom stereocenters. The molecule has 0 aromatic heterocycles. The molecule has 0 amide bonds. The maximum Gasteiger partial charge on any atom is 0.215 e. The fourth-order valence-electron chi connectivity index (χ4n) is 5.98. The minimum atomic E-state index is -1.43. The number of likely N-dealkylation sites (N-methyl/N-ethyl adjacent to an activating group) is 1. The van der Waals surface area contributed by atoms with E-state index < -0.39 is 78.5 Å². The average molecular weight is 648 g/mol. The monoisotopic (exact) mass is 647 g/mol. The number of aliphatic hydroxyl groups excluding tert-OH is 4. The Labute approximate surface area is 263 Å². The number of hydrogen-bond acceptors (Lipinski definition) is 15. The highest BCUT2D eigenvalue weighted by Crippen LogP contribution is 2.36. The van der Waals surface area contributed by atoms with E-state index in [1.807, 2.05) is 6.08 Å². The van der Waals surface area contributed by atoms with Crippen LogP contribution in [0, 0.1) is 5.92 Å². The summed E-state index contributed by atoms with van der Waals surface area (Å²) in [6, 6.07) is -2.17. The van der Waals surface area contributed by atoms with Gasteiger partial charge in [0.05, 0.1) is 31.3 Å². The topological polar surface area (TPSA) is 296 Å². The number of nitrogens with two attached hydrogens (primary N) is 4. The number of Topliss-reactive ketones (excluding diaryl/α,β-unsaturated/α-hetero) is 1. The van der Waals surface area contributed by atoms with Gasteiger partial charge in [-0.3, -0.25) is 9.79 Å². The minimum Gasteiger partial charge on any atom is -0.467 e. The summed E-state index contributed by atoms with van der Waals surface area (Å²) >= 11 is 0. The molecule has 17 heteroatoms. The molecule has 0 spiro atoms. The lowest BCUT2D eigenvalue weighted by Crippen LogP contribution is -2.67. The Kier molecular flexibility index (Phi) is 14.3. The molecule has 2 heterocycles. The van der Waals surface area contributed by atoms with Gasteiger partial charge in [-0.2, -0.15) is 0 Å². The highest BCUT2D eigenvalue weighted by atomic mass is 16.7. The zero-order valence-electron chi connectivity index (χ0n) is 26.0. The molecule has 1 saturated heterocycles. The lowest BCUT2D eigenvalue weighted by atomic mass is 9.76. The average Bonchev–Trinajstić information content (AvgIpc) is 2.97. The second-order valence-corrected chi connectivity index (χ2v) is 12.2. The molecule has 1 unspecified atom stereocenters. The van der Waals surface area contributed by atoms with E-state index in [2.05, 4.69) is 15.6 Å². The van der Waals surface area contributed by atoms with Crippen molar-refractivity contribution in [3.05, 3.63) is 11.8 Å². The van der Waals surface area contributed by atoms with E-state index in [9.17, 15) is 25.2 Å². The number of ketones is 1. The van der Waals surface area contributed by atoms with E-state index in [4.69, 9.17) is 47.0 Å². The molecule has 15 N–H and O–H groups in total. The van der Waals surface area contributed by atoms with E-state index in [0.717, 1.165) is 0 Å². The van der Waals surface area contributed by atoms with Crippen LogP contribution in [0.1, 0.15) is 39.0 Å². The first-order chi connectivity index (χ1) is 21.3. The van der Waals surface area contributed by atoms with Gasteiger partial charge in [-0.15, -0.1) is 0 Å². The number of nitrogens with zero attached hydrogens (tertiary/aromatic N) is 1. The number of hydrogen-bond donors (Lipinski definition) is 11. The predicted molar refractivity (Wildman–Crippen MR) is 162 cm³/mol. The van der Waals surface area contributed by atoms with Crippen LogP contribution in [-0.2, 0) is 23.7 Å². The van der Waals surface area contributed by atoms with Gasteiger partial charge in [-0.05, 0) is 51.8 Å². The number of carbonyl (C=O) groups excluding carboxylic acids is 1. The van der Waals surface area contributed by atoms with Crippen LogP contribution < -0.4 is 33.6 Å². The molecule has 1 saturated carbocycles. The standard InChI is InChI=1S/C28H53N7O10/c1-28(41)13-42-26(21(40)24(28)33-2)44-22-14(11-19(38)18(37)6-8-35-27(31)32)10-17(30)23(20(22)39)45-25-16(29)5-4-15(43-25)12-34-7-3-9-36/h4,14,16-18,20-26,33-34,36-37,39-41H,3,5-13,29-30H2,1-2H3,(H4,31,32,35)/t14-,16+,17-,18-,20+,21+,22-,23?,24+,25+,26+,28-/m0/s1. The second kappa shape index (κ2) is 17.2. The van der Waals surface area contributed by atoms with E-state index in [-0.39, 0.29) is 45.0 Å². The molecule has 3 aliphatic rings. The first-order valence-corrected chi connectivity index (χ1v) is 15.4. The van der Waals surface area contributed by atoms with Gasteiger partial charge in [0.25, 0.3) is 0 Å². The Bertz CT molecular complexity index is 1000. The molecular formula is C28H53N7O10. The van der Waals surface area contributed by atoms with Gasteiger partial charge < -0.3 is 78.0 Å². The van der Waals surface area contributed by atoms with Crippen LogP contribution in [0.4, 0.5) is 0 Å². The summed E-state index contributed by atoms with van der Waals surface area (Å²) in [5, 5.41) is 58.8. The summed E-state index contributed by atoms with van der Waals surface area (Å²) in [5.74, 6) is -0.810. The van der Waals surface area contributed by atoms with Crippen LogP contribution in [0.5, 0.6) is 0 Å². The molecular weight excluding hydrogens is 594 g/mol. The number of guanidine groups is 1. The van der Waals surface area contributed by atoms with Crippen molar-refractivity contribution in [2.24, 2.45) is 33.8 Å². The highest BCUT2D eigenvalue weighted by Gasteiger charge is 2.51. The molecule has 0 aromatic rings. The zero-order valence-corrected chi connectivity index (χ0v) is 26.0. The van der Waals surface area contributed by atoms with E-state index in [0.29, 0.717) is 31.7 Å². The van der Waals surface area contributed by atoms with E-state index in [1.54, 1.807) is 7.05 Å².